The minimum atomic E-state index is -0.307. The lowest BCUT2D eigenvalue weighted by molar-refractivity contribution is -0.139. The third-order valence-electron chi connectivity index (χ3n) is 2.45. The summed E-state index contributed by atoms with van der Waals surface area (Å²) in [6.45, 7) is 2.10. The summed E-state index contributed by atoms with van der Waals surface area (Å²) >= 11 is 3.82. The zero-order chi connectivity index (χ0) is 16.7. The van der Waals surface area contributed by atoms with E-state index in [0.29, 0.717) is 26.7 Å². The Bertz CT molecular complexity index is 693. The van der Waals surface area contributed by atoms with Crippen molar-refractivity contribution in [3.8, 4) is 0 Å². The summed E-state index contributed by atoms with van der Waals surface area (Å²) in [6.07, 6.45) is 3.49. The summed E-state index contributed by atoms with van der Waals surface area (Å²) in [5.41, 5.74) is 0.482. The Balaban J connectivity index is 1.96. The van der Waals surface area contributed by atoms with Crippen LogP contribution >= 0.6 is 34.9 Å². The lowest BCUT2D eigenvalue weighted by atomic mass is 10.3. The van der Waals surface area contributed by atoms with Gasteiger partial charge in [-0.1, -0.05) is 23.1 Å². The lowest BCUT2D eigenvalue weighted by Gasteiger charge is -2.04. The molecule has 2 rings (SSSR count). The SMILES string of the molecule is CCOC(=O)CSc1nnc(NC(=O)c2cccnc2SC)s1. The van der Waals surface area contributed by atoms with Gasteiger partial charge in [-0.15, -0.1) is 22.0 Å². The van der Waals surface area contributed by atoms with Gasteiger partial charge >= 0.3 is 5.97 Å². The number of thioether (sulfide) groups is 2. The highest BCUT2D eigenvalue weighted by Gasteiger charge is 2.15. The number of nitrogens with zero attached hydrogens (tertiary/aromatic N) is 3. The number of carbonyl (C=O) groups is 2. The summed E-state index contributed by atoms with van der Waals surface area (Å²) in [7, 11) is 0. The van der Waals surface area contributed by atoms with E-state index in [1.54, 1.807) is 25.3 Å². The molecule has 0 unspecified atom stereocenters. The van der Waals surface area contributed by atoms with Gasteiger partial charge in [0.2, 0.25) is 5.13 Å². The van der Waals surface area contributed by atoms with Crippen molar-refractivity contribution < 1.29 is 14.3 Å². The van der Waals surface area contributed by atoms with Gasteiger partial charge in [-0.2, -0.15) is 0 Å². The van der Waals surface area contributed by atoms with E-state index in [9.17, 15) is 9.59 Å². The molecule has 2 aromatic rings. The molecule has 10 heteroatoms. The summed E-state index contributed by atoms with van der Waals surface area (Å²) in [6, 6.07) is 3.40. The van der Waals surface area contributed by atoms with Gasteiger partial charge in [-0.3, -0.25) is 14.9 Å². The fourth-order valence-electron chi connectivity index (χ4n) is 1.53. The topological polar surface area (TPSA) is 94.1 Å². The van der Waals surface area contributed by atoms with E-state index < -0.39 is 0 Å². The maximum Gasteiger partial charge on any atom is 0.316 e. The number of hydrogen-bond acceptors (Lipinski definition) is 9. The average molecular weight is 370 g/mol. The smallest absolute Gasteiger partial charge is 0.316 e. The number of hydrogen-bond donors (Lipinski definition) is 1. The van der Waals surface area contributed by atoms with Gasteiger partial charge in [-0.05, 0) is 25.3 Å². The summed E-state index contributed by atoms with van der Waals surface area (Å²) in [5, 5.41) is 11.5. The van der Waals surface area contributed by atoms with Crippen LogP contribution in [-0.4, -0.2) is 45.7 Å². The number of nitrogens with one attached hydrogen (secondary N) is 1. The van der Waals surface area contributed by atoms with Crippen LogP contribution in [0.2, 0.25) is 0 Å². The number of pyridine rings is 1. The number of ether oxygens (including phenoxy) is 1. The molecule has 0 spiro atoms. The minimum absolute atomic E-state index is 0.162. The van der Waals surface area contributed by atoms with Crippen molar-refractivity contribution in [1.29, 1.82) is 0 Å². The lowest BCUT2D eigenvalue weighted by Crippen LogP contribution is -2.13. The Kier molecular flexibility index (Phi) is 6.81. The molecular formula is C13H14N4O3S3. The molecule has 0 aliphatic carbocycles. The second-order valence-corrected chi connectivity index (χ2v) is 6.98. The normalized spacial score (nSPS) is 10.3. The van der Waals surface area contributed by atoms with Crippen molar-refractivity contribution >= 4 is 51.9 Å². The highest BCUT2D eigenvalue weighted by Crippen LogP contribution is 2.26. The van der Waals surface area contributed by atoms with Crippen molar-refractivity contribution in [2.24, 2.45) is 0 Å². The molecule has 0 saturated carbocycles. The van der Waals surface area contributed by atoms with Gasteiger partial charge in [0.25, 0.3) is 5.91 Å². The second kappa shape index (κ2) is 8.85. The standard InChI is InChI=1S/C13H14N4O3S3/c1-3-20-9(18)7-22-13-17-16-12(23-13)15-10(19)8-5-4-6-14-11(8)21-2/h4-6H,3,7H2,1-2H3,(H,15,16,19). The number of amides is 1. The van der Waals surface area contributed by atoms with E-state index in [1.165, 1.54) is 34.9 Å². The molecule has 2 heterocycles. The fourth-order valence-corrected chi connectivity index (χ4v) is 3.62. The maximum atomic E-state index is 12.2. The molecule has 0 aromatic carbocycles. The van der Waals surface area contributed by atoms with E-state index in [2.05, 4.69) is 20.5 Å². The van der Waals surface area contributed by atoms with Crippen LogP contribution in [0.1, 0.15) is 17.3 Å². The van der Waals surface area contributed by atoms with E-state index >= 15 is 0 Å². The minimum Gasteiger partial charge on any atom is -0.465 e. The number of anilines is 1. The van der Waals surface area contributed by atoms with Gasteiger partial charge in [0.1, 0.15) is 5.03 Å². The van der Waals surface area contributed by atoms with Gasteiger partial charge in [0, 0.05) is 6.20 Å². The summed E-state index contributed by atoms with van der Waals surface area (Å²) in [5.74, 6) is -0.436. The Morgan fingerprint density at radius 1 is 1.39 bits per heavy atom. The predicted molar refractivity (Wildman–Crippen MR) is 91.2 cm³/mol. The third kappa shape index (κ3) is 5.19. The molecule has 23 heavy (non-hydrogen) atoms. The third-order valence-corrected chi connectivity index (χ3v) is 5.11. The Labute approximate surface area is 145 Å². The molecule has 7 nitrogen and oxygen atoms in total. The van der Waals surface area contributed by atoms with Crippen LogP contribution in [0.25, 0.3) is 0 Å². The van der Waals surface area contributed by atoms with Crippen molar-refractivity contribution in [3.63, 3.8) is 0 Å². The Morgan fingerprint density at radius 3 is 2.96 bits per heavy atom. The Hall–Kier alpha value is -1.65. The van der Waals surface area contributed by atoms with Crippen molar-refractivity contribution in [2.45, 2.75) is 16.3 Å². The van der Waals surface area contributed by atoms with Crippen LogP contribution in [0.15, 0.2) is 27.7 Å². The highest BCUT2D eigenvalue weighted by atomic mass is 32.2. The highest BCUT2D eigenvalue weighted by molar-refractivity contribution is 8.01. The molecule has 2 aromatic heterocycles. The first-order valence-electron chi connectivity index (χ1n) is 6.56. The predicted octanol–water partition coefficient (Wildman–Crippen LogP) is 2.56. The van der Waals surface area contributed by atoms with Crippen molar-refractivity contribution in [3.05, 3.63) is 23.9 Å². The molecule has 0 atom stereocenters. The van der Waals surface area contributed by atoms with Crippen molar-refractivity contribution in [1.82, 2.24) is 15.2 Å². The zero-order valence-electron chi connectivity index (χ0n) is 12.4. The molecule has 1 amide bonds. The molecular weight excluding hydrogens is 356 g/mol. The molecule has 0 fully saturated rings. The van der Waals surface area contributed by atoms with Gasteiger partial charge in [-0.25, -0.2) is 4.98 Å². The first-order valence-corrected chi connectivity index (χ1v) is 9.59. The molecule has 1 N–H and O–H groups in total. The quantitative estimate of drug-likeness (QED) is 0.451. The van der Waals surface area contributed by atoms with Crippen LogP contribution < -0.4 is 5.32 Å². The zero-order valence-corrected chi connectivity index (χ0v) is 14.9. The molecule has 0 radical (unpaired) electrons. The van der Waals surface area contributed by atoms with Gasteiger partial charge in [0.05, 0.1) is 17.9 Å². The summed E-state index contributed by atoms with van der Waals surface area (Å²) in [4.78, 5) is 27.7. The number of carbonyl (C=O) groups excluding carboxylic acids is 2. The number of esters is 1. The van der Waals surface area contributed by atoms with Crippen LogP contribution in [0.4, 0.5) is 5.13 Å². The summed E-state index contributed by atoms with van der Waals surface area (Å²) < 4.78 is 5.42. The van der Waals surface area contributed by atoms with E-state index in [1.807, 2.05) is 6.26 Å². The monoisotopic (exact) mass is 370 g/mol. The van der Waals surface area contributed by atoms with Gasteiger partial charge in [0.15, 0.2) is 4.34 Å². The van der Waals surface area contributed by atoms with Crippen LogP contribution in [0, 0.1) is 0 Å². The van der Waals surface area contributed by atoms with Crippen LogP contribution in [0.5, 0.6) is 0 Å². The molecule has 0 bridgehead atoms. The first-order chi connectivity index (χ1) is 11.1. The number of rotatable bonds is 7. The van der Waals surface area contributed by atoms with E-state index in [0.717, 1.165) is 0 Å². The first kappa shape index (κ1) is 17.7. The Morgan fingerprint density at radius 2 is 2.22 bits per heavy atom. The molecule has 0 saturated heterocycles. The number of aromatic nitrogens is 3. The fraction of sp³-hybridized carbons (Fsp3) is 0.308. The molecule has 122 valence electrons. The van der Waals surface area contributed by atoms with Crippen LogP contribution in [0.3, 0.4) is 0 Å². The van der Waals surface area contributed by atoms with E-state index in [4.69, 9.17) is 4.74 Å². The molecule has 0 aliphatic heterocycles. The largest absolute Gasteiger partial charge is 0.465 e. The van der Waals surface area contributed by atoms with Gasteiger partial charge < -0.3 is 4.74 Å². The maximum absolute atomic E-state index is 12.2. The molecule has 0 aliphatic rings. The van der Waals surface area contributed by atoms with E-state index in [-0.39, 0.29) is 17.6 Å². The van der Waals surface area contributed by atoms with Crippen LogP contribution in [-0.2, 0) is 9.53 Å². The average Bonchev–Trinajstić information content (AvgIpc) is 3.00. The second-order valence-electron chi connectivity index (χ2n) is 3.98. The van der Waals surface area contributed by atoms with Crippen molar-refractivity contribution in [2.75, 3.05) is 23.9 Å².